The number of aromatic nitrogens is 2. The minimum Gasteiger partial charge on any atom is -0.494 e. The Labute approximate surface area is 173 Å². The third-order valence-electron chi connectivity index (χ3n) is 6.22. The van der Waals surface area contributed by atoms with Crippen LogP contribution in [0.2, 0.25) is 0 Å². The predicted octanol–water partition coefficient (Wildman–Crippen LogP) is 3.50. The van der Waals surface area contributed by atoms with Crippen LogP contribution in [0, 0.1) is 0 Å². The van der Waals surface area contributed by atoms with Gasteiger partial charge in [0.2, 0.25) is 0 Å². The van der Waals surface area contributed by atoms with Crippen LogP contribution in [0.1, 0.15) is 37.7 Å². The van der Waals surface area contributed by atoms with Crippen LogP contribution in [0.5, 0.6) is 5.75 Å². The molecule has 6 heteroatoms. The Kier molecular flexibility index (Phi) is 6.96. The summed E-state index contributed by atoms with van der Waals surface area (Å²) in [5.74, 6) is 0.962. The molecule has 0 amide bonds. The highest BCUT2D eigenvalue weighted by atomic mass is 16.5. The lowest BCUT2D eigenvalue weighted by molar-refractivity contribution is 0.0544. The number of ether oxygens (including phenoxy) is 2. The topological polar surface area (TPSA) is 59.5 Å². The summed E-state index contributed by atoms with van der Waals surface area (Å²) in [7, 11) is 0. The molecule has 3 heterocycles. The lowest BCUT2D eigenvalue weighted by Crippen LogP contribution is -2.40. The number of rotatable bonds is 9. The lowest BCUT2D eigenvalue weighted by atomic mass is 9.74. The van der Waals surface area contributed by atoms with E-state index < -0.39 is 0 Å². The number of nitrogens with one attached hydrogen (secondary N) is 1. The quantitative estimate of drug-likeness (QED) is 0.655. The third-order valence-corrected chi connectivity index (χ3v) is 6.22. The molecule has 0 saturated carbocycles. The van der Waals surface area contributed by atoms with E-state index in [1.165, 1.54) is 31.5 Å². The van der Waals surface area contributed by atoms with Gasteiger partial charge in [-0.2, -0.15) is 10.2 Å². The molecule has 2 aliphatic heterocycles. The van der Waals surface area contributed by atoms with Crippen molar-refractivity contribution in [2.75, 3.05) is 51.3 Å². The zero-order valence-corrected chi connectivity index (χ0v) is 17.2. The van der Waals surface area contributed by atoms with Crippen LogP contribution >= 0.6 is 0 Å². The summed E-state index contributed by atoms with van der Waals surface area (Å²) in [4.78, 5) is 2.53. The van der Waals surface area contributed by atoms with Crippen LogP contribution in [-0.4, -0.2) is 61.1 Å². The van der Waals surface area contributed by atoms with Crippen LogP contribution in [0.25, 0.3) is 0 Å². The molecule has 0 radical (unpaired) electrons. The van der Waals surface area contributed by atoms with Crippen molar-refractivity contribution in [3.8, 4) is 5.75 Å². The first kappa shape index (κ1) is 20.1. The van der Waals surface area contributed by atoms with Gasteiger partial charge in [-0.25, -0.2) is 0 Å². The largest absolute Gasteiger partial charge is 0.494 e. The Bertz CT molecular complexity index is 726. The molecule has 29 heavy (non-hydrogen) atoms. The van der Waals surface area contributed by atoms with E-state index in [4.69, 9.17) is 9.47 Å². The maximum atomic E-state index is 5.99. The van der Waals surface area contributed by atoms with Gasteiger partial charge in [0.25, 0.3) is 0 Å². The van der Waals surface area contributed by atoms with Crippen LogP contribution in [0.15, 0.2) is 42.7 Å². The van der Waals surface area contributed by atoms with Gasteiger partial charge in [0.15, 0.2) is 0 Å². The summed E-state index contributed by atoms with van der Waals surface area (Å²) in [6.07, 6.45) is 9.29. The maximum absolute atomic E-state index is 5.99. The minimum atomic E-state index is 0.0653. The number of hydrogen-bond donors (Lipinski definition) is 1. The van der Waals surface area contributed by atoms with Crippen LogP contribution in [0.4, 0.5) is 5.69 Å². The monoisotopic (exact) mass is 396 g/mol. The van der Waals surface area contributed by atoms with Crippen molar-refractivity contribution in [1.29, 1.82) is 0 Å². The second-order valence-electron chi connectivity index (χ2n) is 8.15. The standard InChI is InChI=1S/C23H32N4O2/c1-2-13-27(12-1)14-3-15-29-22-6-4-20(5-7-22)23(9-16-28-17-10-23)19-24-21-8-11-25-26-18-21/h4-8,11,18H,1-3,9-10,12-17,19H2,(H,24,25). The number of nitrogens with zero attached hydrogens (tertiary/aromatic N) is 3. The van der Waals surface area contributed by atoms with Gasteiger partial charge in [-0.15, -0.1) is 0 Å². The molecule has 2 saturated heterocycles. The maximum Gasteiger partial charge on any atom is 0.119 e. The molecule has 2 fully saturated rings. The Morgan fingerprint density at radius 3 is 2.55 bits per heavy atom. The van der Waals surface area contributed by atoms with Crippen molar-refractivity contribution in [2.24, 2.45) is 0 Å². The van der Waals surface area contributed by atoms with Gasteiger partial charge in [0.1, 0.15) is 5.75 Å². The fraction of sp³-hybridized carbons (Fsp3) is 0.565. The molecule has 0 aliphatic carbocycles. The SMILES string of the molecule is c1cc(NCC2(c3ccc(OCCCN4CCCC4)cc3)CCOCC2)cnn1. The van der Waals surface area contributed by atoms with Crippen LogP contribution < -0.4 is 10.1 Å². The van der Waals surface area contributed by atoms with Crippen LogP contribution in [-0.2, 0) is 10.2 Å². The molecule has 1 N–H and O–H groups in total. The molecule has 1 aromatic carbocycles. The first-order chi connectivity index (χ1) is 14.3. The van der Waals surface area contributed by atoms with Crippen molar-refractivity contribution in [3.05, 3.63) is 48.3 Å². The highest BCUT2D eigenvalue weighted by molar-refractivity contribution is 5.41. The van der Waals surface area contributed by atoms with E-state index in [9.17, 15) is 0 Å². The van der Waals surface area contributed by atoms with E-state index in [2.05, 4.69) is 44.7 Å². The molecular formula is C23H32N4O2. The van der Waals surface area contributed by atoms with E-state index >= 15 is 0 Å². The first-order valence-corrected chi connectivity index (χ1v) is 10.9. The predicted molar refractivity (Wildman–Crippen MR) is 114 cm³/mol. The van der Waals surface area contributed by atoms with Crippen molar-refractivity contribution in [2.45, 2.75) is 37.5 Å². The van der Waals surface area contributed by atoms with Gasteiger partial charge in [-0.05, 0) is 69.0 Å². The molecule has 2 aliphatic rings. The summed E-state index contributed by atoms with van der Waals surface area (Å²) in [6, 6.07) is 10.7. The van der Waals surface area contributed by atoms with E-state index in [1.54, 1.807) is 12.4 Å². The summed E-state index contributed by atoms with van der Waals surface area (Å²) in [5, 5.41) is 11.4. The highest BCUT2D eigenvalue weighted by Crippen LogP contribution is 2.36. The molecule has 2 aromatic rings. The Hall–Kier alpha value is -2.18. The Morgan fingerprint density at radius 2 is 1.83 bits per heavy atom. The Balaban J connectivity index is 1.33. The van der Waals surface area contributed by atoms with Gasteiger partial charge in [0, 0.05) is 31.7 Å². The molecule has 6 nitrogen and oxygen atoms in total. The van der Waals surface area contributed by atoms with Crippen molar-refractivity contribution in [1.82, 2.24) is 15.1 Å². The normalized spacial score (nSPS) is 19.2. The van der Waals surface area contributed by atoms with Crippen molar-refractivity contribution >= 4 is 5.69 Å². The zero-order chi connectivity index (χ0) is 19.8. The third kappa shape index (κ3) is 5.46. The molecule has 0 bridgehead atoms. The fourth-order valence-electron chi connectivity index (χ4n) is 4.39. The van der Waals surface area contributed by atoms with Gasteiger partial charge in [-0.1, -0.05) is 12.1 Å². The fourth-order valence-corrected chi connectivity index (χ4v) is 4.39. The summed E-state index contributed by atoms with van der Waals surface area (Å²) >= 11 is 0. The molecule has 4 rings (SSSR count). The molecule has 156 valence electrons. The molecule has 0 spiro atoms. The highest BCUT2D eigenvalue weighted by Gasteiger charge is 2.34. The van der Waals surface area contributed by atoms with Gasteiger partial charge >= 0.3 is 0 Å². The molecule has 0 atom stereocenters. The molecule has 1 aromatic heterocycles. The number of benzene rings is 1. The average Bonchev–Trinajstić information content (AvgIpc) is 3.31. The minimum absolute atomic E-state index is 0.0653. The second kappa shape index (κ2) is 10.0. The van der Waals surface area contributed by atoms with E-state index in [0.717, 1.165) is 63.6 Å². The second-order valence-corrected chi connectivity index (χ2v) is 8.15. The summed E-state index contributed by atoms with van der Waals surface area (Å²) in [5.41, 5.74) is 2.42. The van der Waals surface area contributed by atoms with E-state index in [-0.39, 0.29) is 5.41 Å². The lowest BCUT2D eigenvalue weighted by Gasteiger charge is -2.38. The number of hydrogen-bond acceptors (Lipinski definition) is 6. The van der Waals surface area contributed by atoms with Gasteiger partial charge in [-0.3, -0.25) is 0 Å². The van der Waals surface area contributed by atoms with Crippen molar-refractivity contribution < 1.29 is 9.47 Å². The molecule has 0 unspecified atom stereocenters. The first-order valence-electron chi connectivity index (χ1n) is 10.9. The van der Waals surface area contributed by atoms with Gasteiger partial charge < -0.3 is 19.7 Å². The average molecular weight is 397 g/mol. The Morgan fingerprint density at radius 1 is 1.03 bits per heavy atom. The number of likely N-dealkylation sites (tertiary alicyclic amines) is 1. The van der Waals surface area contributed by atoms with Gasteiger partial charge in [0.05, 0.1) is 24.7 Å². The van der Waals surface area contributed by atoms with E-state index in [1.807, 2.05) is 6.07 Å². The smallest absolute Gasteiger partial charge is 0.119 e. The van der Waals surface area contributed by atoms with Crippen LogP contribution in [0.3, 0.4) is 0 Å². The van der Waals surface area contributed by atoms with Crippen molar-refractivity contribution in [3.63, 3.8) is 0 Å². The summed E-state index contributed by atoms with van der Waals surface area (Å²) < 4.78 is 11.6. The van der Waals surface area contributed by atoms with E-state index in [0.29, 0.717) is 0 Å². The summed E-state index contributed by atoms with van der Waals surface area (Å²) in [6.45, 7) is 6.89. The molecular weight excluding hydrogens is 364 g/mol. The zero-order valence-electron chi connectivity index (χ0n) is 17.2. The number of anilines is 1.